The first-order valence-electron chi connectivity index (χ1n) is 8.41. The summed E-state index contributed by atoms with van der Waals surface area (Å²) in [4.78, 5) is 9.01. The van der Waals surface area contributed by atoms with Crippen molar-refractivity contribution >= 4 is 11.5 Å². The Bertz CT molecular complexity index is 826. The van der Waals surface area contributed by atoms with Crippen molar-refractivity contribution < 1.29 is 0 Å². The van der Waals surface area contributed by atoms with Crippen molar-refractivity contribution in [2.75, 3.05) is 5.32 Å². The van der Waals surface area contributed by atoms with E-state index in [-0.39, 0.29) is 11.0 Å². The molecular formula is C20H26N4. The fourth-order valence-corrected chi connectivity index (χ4v) is 3.51. The summed E-state index contributed by atoms with van der Waals surface area (Å²) in [6.45, 7) is 11.3. The van der Waals surface area contributed by atoms with Crippen LogP contribution in [0.25, 0.3) is 16.9 Å². The van der Waals surface area contributed by atoms with E-state index in [4.69, 9.17) is 4.98 Å². The predicted octanol–water partition coefficient (Wildman–Crippen LogP) is 5.02. The molecule has 0 aliphatic heterocycles. The molecule has 0 aliphatic carbocycles. The molecule has 0 atom stereocenters. The first-order valence-corrected chi connectivity index (χ1v) is 8.41. The molecule has 2 aromatic heterocycles. The highest BCUT2D eigenvalue weighted by Crippen LogP contribution is 2.34. The second-order valence-corrected chi connectivity index (χ2v) is 8.23. The van der Waals surface area contributed by atoms with Gasteiger partial charge in [-0.3, -0.25) is 9.38 Å². The van der Waals surface area contributed by atoms with E-state index < -0.39 is 0 Å². The van der Waals surface area contributed by atoms with Crippen LogP contribution in [0.1, 0.15) is 41.0 Å². The Morgan fingerprint density at radius 2 is 1.75 bits per heavy atom. The minimum atomic E-state index is -0.0545. The predicted molar refractivity (Wildman–Crippen MR) is 100 cm³/mol. The van der Waals surface area contributed by atoms with E-state index >= 15 is 0 Å². The van der Waals surface area contributed by atoms with E-state index in [9.17, 15) is 0 Å². The molecule has 0 unspecified atom stereocenters. The van der Waals surface area contributed by atoms with Gasteiger partial charge < -0.3 is 5.32 Å². The SMILES string of the molecule is CC(C)(C)CC(C)(C)Nc1c(-c2ccccc2)nc2cnccn12. The van der Waals surface area contributed by atoms with Gasteiger partial charge in [0.2, 0.25) is 0 Å². The summed E-state index contributed by atoms with van der Waals surface area (Å²) < 4.78 is 2.08. The molecule has 0 aliphatic rings. The lowest BCUT2D eigenvalue weighted by Crippen LogP contribution is -2.36. The highest BCUT2D eigenvalue weighted by Gasteiger charge is 2.27. The molecule has 0 fully saturated rings. The zero-order valence-electron chi connectivity index (χ0n) is 15.2. The summed E-state index contributed by atoms with van der Waals surface area (Å²) in [7, 11) is 0. The van der Waals surface area contributed by atoms with Gasteiger partial charge in [0.25, 0.3) is 0 Å². The average Bonchev–Trinajstić information content (AvgIpc) is 2.84. The number of hydrogen-bond acceptors (Lipinski definition) is 3. The van der Waals surface area contributed by atoms with Crippen LogP contribution in [0.15, 0.2) is 48.9 Å². The van der Waals surface area contributed by atoms with E-state index in [0.29, 0.717) is 0 Å². The monoisotopic (exact) mass is 322 g/mol. The molecule has 24 heavy (non-hydrogen) atoms. The molecular weight excluding hydrogens is 296 g/mol. The van der Waals surface area contributed by atoms with Crippen molar-refractivity contribution in [1.82, 2.24) is 14.4 Å². The van der Waals surface area contributed by atoms with E-state index in [1.54, 1.807) is 12.4 Å². The van der Waals surface area contributed by atoms with Gasteiger partial charge in [-0.25, -0.2) is 4.98 Å². The van der Waals surface area contributed by atoms with Gasteiger partial charge in [0.15, 0.2) is 5.65 Å². The Balaban J connectivity index is 2.09. The van der Waals surface area contributed by atoms with Gasteiger partial charge in [0, 0.05) is 23.5 Å². The van der Waals surface area contributed by atoms with Crippen molar-refractivity contribution in [2.24, 2.45) is 5.41 Å². The molecule has 126 valence electrons. The molecule has 0 radical (unpaired) electrons. The molecule has 4 heteroatoms. The maximum atomic E-state index is 4.80. The molecule has 0 saturated carbocycles. The fraction of sp³-hybridized carbons (Fsp3) is 0.400. The maximum absolute atomic E-state index is 4.80. The number of nitrogens with one attached hydrogen (secondary N) is 1. The number of aromatic nitrogens is 3. The van der Waals surface area contributed by atoms with Gasteiger partial charge in [-0.15, -0.1) is 0 Å². The van der Waals surface area contributed by atoms with Gasteiger partial charge in [-0.05, 0) is 25.7 Å². The van der Waals surface area contributed by atoms with Crippen LogP contribution in [0.4, 0.5) is 5.82 Å². The largest absolute Gasteiger partial charge is 0.364 e. The first-order chi connectivity index (χ1) is 11.3. The van der Waals surface area contributed by atoms with Crippen LogP contribution in [-0.2, 0) is 0 Å². The number of nitrogens with zero attached hydrogens (tertiary/aromatic N) is 3. The highest BCUT2D eigenvalue weighted by atomic mass is 15.2. The Hall–Kier alpha value is -2.36. The Kier molecular flexibility index (Phi) is 4.08. The Morgan fingerprint density at radius 3 is 2.42 bits per heavy atom. The van der Waals surface area contributed by atoms with Crippen LogP contribution in [-0.4, -0.2) is 19.9 Å². The molecule has 0 bridgehead atoms. The molecule has 0 spiro atoms. The zero-order chi connectivity index (χ0) is 17.4. The summed E-state index contributed by atoms with van der Waals surface area (Å²) in [6, 6.07) is 10.3. The van der Waals surface area contributed by atoms with Crippen LogP contribution >= 0.6 is 0 Å². The minimum Gasteiger partial charge on any atom is -0.364 e. The van der Waals surface area contributed by atoms with E-state index in [1.807, 2.05) is 24.4 Å². The maximum Gasteiger partial charge on any atom is 0.157 e. The van der Waals surface area contributed by atoms with E-state index in [2.05, 4.69) is 61.5 Å². The Labute approximate surface area is 144 Å². The summed E-state index contributed by atoms with van der Waals surface area (Å²) in [5.74, 6) is 1.02. The summed E-state index contributed by atoms with van der Waals surface area (Å²) >= 11 is 0. The lowest BCUT2D eigenvalue weighted by atomic mass is 9.82. The topological polar surface area (TPSA) is 42.2 Å². The summed E-state index contributed by atoms with van der Waals surface area (Å²) in [5, 5.41) is 3.74. The second-order valence-electron chi connectivity index (χ2n) is 8.23. The third-order valence-electron chi connectivity index (χ3n) is 3.91. The lowest BCUT2D eigenvalue weighted by molar-refractivity contribution is 0.302. The first kappa shape index (κ1) is 16.5. The number of anilines is 1. The van der Waals surface area contributed by atoms with Gasteiger partial charge in [-0.2, -0.15) is 0 Å². The third-order valence-corrected chi connectivity index (χ3v) is 3.91. The average molecular weight is 322 g/mol. The normalized spacial score (nSPS) is 12.5. The molecule has 0 amide bonds. The molecule has 1 aromatic carbocycles. The molecule has 0 saturated heterocycles. The highest BCUT2D eigenvalue weighted by molar-refractivity contribution is 5.76. The van der Waals surface area contributed by atoms with Crippen LogP contribution in [0.3, 0.4) is 0 Å². The standard InChI is InChI=1S/C20H26N4/c1-19(2,3)14-20(4,5)23-18-17(15-9-7-6-8-10-15)22-16-13-21-11-12-24(16)18/h6-13,23H,14H2,1-5H3. The molecule has 3 aromatic rings. The van der Waals surface area contributed by atoms with Crippen LogP contribution in [0.2, 0.25) is 0 Å². The van der Waals surface area contributed by atoms with Crippen molar-refractivity contribution in [1.29, 1.82) is 0 Å². The van der Waals surface area contributed by atoms with Gasteiger partial charge in [0.05, 0.1) is 6.20 Å². The summed E-state index contributed by atoms with van der Waals surface area (Å²) in [6.07, 6.45) is 6.61. The number of imidazole rings is 1. The van der Waals surface area contributed by atoms with Crippen molar-refractivity contribution in [3.8, 4) is 11.3 Å². The van der Waals surface area contributed by atoms with E-state index in [1.165, 1.54) is 0 Å². The van der Waals surface area contributed by atoms with Crippen molar-refractivity contribution in [3.05, 3.63) is 48.9 Å². The molecule has 1 N–H and O–H groups in total. The van der Waals surface area contributed by atoms with Crippen LogP contribution in [0.5, 0.6) is 0 Å². The second kappa shape index (κ2) is 5.93. The smallest absolute Gasteiger partial charge is 0.157 e. The number of benzene rings is 1. The minimum absolute atomic E-state index is 0.0545. The van der Waals surface area contributed by atoms with Gasteiger partial charge in [-0.1, -0.05) is 51.1 Å². The number of fused-ring (bicyclic) bond motifs is 1. The van der Waals surface area contributed by atoms with Crippen molar-refractivity contribution in [3.63, 3.8) is 0 Å². The zero-order valence-corrected chi connectivity index (χ0v) is 15.2. The quantitative estimate of drug-likeness (QED) is 0.733. The van der Waals surface area contributed by atoms with Crippen LogP contribution in [0, 0.1) is 5.41 Å². The van der Waals surface area contributed by atoms with E-state index in [0.717, 1.165) is 29.1 Å². The van der Waals surface area contributed by atoms with Gasteiger partial charge in [0.1, 0.15) is 11.5 Å². The van der Waals surface area contributed by atoms with Crippen LogP contribution < -0.4 is 5.32 Å². The molecule has 4 nitrogen and oxygen atoms in total. The number of hydrogen-bond donors (Lipinski definition) is 1. The van der Waals surface area contributed by atoms with Gasteiger partial charge >= 0.3 is 0 Å². The molecule has 3 rings (SSSR count). The fourth-order valence-electron chi connectivity index (χ4n) is 3.51. The lowest BCUT2D eigenvalue weighted by Gasteiger charge is -2.34. The third kappa shape index (κ3) is 3.58. The number of rotatable bonds is 4. The summed E-state index contributed by atoms with van der Waals surface area (Å²) in [5.41, 5.74) is 3.11. The Morgan fingerprint density at radius 1 is 1.04 bits per heavy atom. The molecule has 2 heterocycles. The van der Waals surface area contributed by atoms with Crippen molar-refractivity contribution in [2.45, 2.75) is 46.6 Å².